The lowest BCUT2D eigenvalue weighted by Gasteiger charge is -1.93. The van der Waals surface area contributed by atoms with E-state index >= 15 is 0 Å². The first-order valence-corrected chi connectivity index (χ1v) is 3.08. The van der Waals surface area contributed by atoms with Crippen LogP contribution in [-0.4, -0.2) is 29.9 Å². The van der Waals surface area contributed by atoms with Gasteiger partial charge in [-0.3, -0.25) is 4.99 Å². The van der Waals surface area contributed by atoms with E-state index in [1.807, 2.05) is 0 Å². The van der Waals surface area contributed by atoms with Crippen LogP contribution in [-0.2, 0) is 0 Å². The van der Waals surface area contributed by atoms with Gasteiger partial charge >= 0.3 is 0 Å². The molecule has 0 aliphatic carbocycles. The standard InChI is InChI=1S/C7H8N4/c1-8-5-6-7(9-2)11-4-3-10-6/h3-5H,2H2,1H3/b8-5-. The smallest absolute Gasteiger partial charge is 0.179 e. The first-order valence-electron chi connectivity index (χ1n) is 3.08. The van der Waals surface area contributed by atoms with Gasteiger partial charge in [-0.15, -0.1) is 0 Å². The summed E-state index contributed by atoms with van der Waals surface area (Å²) in [5.74, 6) is 0.512. The zero-order valence-corrected chi connectivity index (χ0v) is 6.23. The van der Waals surface area contributed by atoms with Gasteiger partial charge in [0.25, 0.3) is 0 Å². The molecule has 1 aromatic heterocycles. The van der Waals surface area contributed by atoms with Crippen LogP contribution in [0, 0.1) is 0 Å². The summed E-state index contributed by atoms with van der Waals surface area (Å²) >= 11 is 0. The fourth-order valence-corrected chi connectivity index (χ4v) is 0.677. The van der Waals surface area contributed by atoms with Crippen molar-refractivity contribution in [2.24, 2.45) is 9.98 Å². The van der Waals surface area contributed by atoms with E-state index < -0.39 is 0 Å². The quantitative estimate of drug-likeness (QED) is 0.584. The molecule has 11 heavy (non-hydrogen) atoms. The number of nitrogens with zero attached hydrogens (tertiary/aromatic N) is 4. The molecule has 4 nitrogen and oxygen atoms in total. The Balaban J connectivity index is 3.11. The van der Waals surface area contributed by atoms with Crippen LogP contribution in [0.15, 0.2) is 22.4 Å². The summed E-state index contributed by atoms with van der Waals surface area (Å²) in [5, 5.41) is 0. The van der Waals surface area contributed by atoms with Gasteiger partial charge < -0.3 is 0 Å². The Kier molecular flexibility index (Phi) is 2.43. The minimum Gasteiger partial charge on any atom is -0.294 e. The summed E-state index contributed by atoms with van der Waals surface area (Å²) in [7, 11) is 1.67. The molecule has 0 atom stereocenters. The number of hydrogen-bond acceptors (Lipinski definition) is 4. The van der Waals surface area contributed by atoms with Crippen LogP contribution in [0.4, 0.5) is 5.82 Å². The second kappa shape index (κ2) is 3.55. The Labute approximate surface area is 64.8 Å². The van der Waals surface area contributed by atoms with E-state index in [0.29, 0.717) is 11.5 Å². The highest BCUT2D eigenvalue weighted by molar-refractivity contribution is 5.82. The van der Waals surface area contributed by atoms with Crippen LogP contribution in [0.1, 0.15) is 5.69 Å². The molecule has 0 radical (unpaired) electrons. The van der Waals surface area contributed by atoms with Crippen LogP contribution < -0.4 is 0 Å². The molecule has 1 aromatic rings. The van der Waals surface area contributed by atoms with Gasteiger partial charge in [-0.25, -0.2) is 15.0 Å². The van der Waals surface area contributed by atoms with Gasteiger partial charge in [-0.05, 0) is 6.72 Å². The number of hydrogen-bond donors (Lipinski definition) is 0. The maximum Gasteiger partial charge on any atom is 0.179 e. The Morgan fingerprint density at radius 3 is 2.82 bits per heavy atom. The molecule has 0 unspecified atom stereocenters. The van der Waals surface area contributed by atoms with Crippen molar-refractivity contribution in [3.05, 3.63) is 18.1 Å². The van der Waals surface area contributed by atoms with Crippen molar-refractivity contribution in [2.45, 2.75) is 0 Å². The van der Waals surface area contributed by atoms with Gasteiger partial charge in [0.05, 0.1) is 6.21 Å². The lowest BCUT2D eigenvalue weighted by Crippen LogP contribution is -1.89. The normalized spacial score (nSPS) is 10.3. The van der Waals surface area contributed by atoms with E-state index in [2.05, 4.69) is 26.7 Å². The third kappa shape index (κ3) is 1.67. The highest BCUT2D eigenvalue weighted by Crippen LogP contribution is 2.07. The molecule has 0 aliphatic rings. The molecule has 0 aliphatic heterocycles. The molecule has 0 saturated carbocycles. The zero-order chi connectivity index (χ0) is 8.10. The van der Waals surface area contributed by atoms with Gasteiger partial charge in [-0.2, -0.15) is 0 Å². The average Bonchev–Trinajstić information content (AvgIpc) is 2.06. The summed E-state index contributed by atoms with van der Waals surface area (Å²) in [6.45, 7) is 3.36. The summed E-state index contributed by atoms with van der Waals surface area (Å²) in [6.07, 6.45) is 4.75. The first-order chi connectivity index (χ1) is 5.38. The Hall–Kier alpha value is -1.58. The van der Waals surface area contributed by atoms with E-state index in [9.17, 15) is 0 Å². The van der Waals surface area contributed by atoms with Gasteiger partial charge in [0.1, 0.15) is 5.69 Å². The highest BCUT2D eigenvalue weighted by atomic mass is 14.9. The van der Waals surface area contributed by atoms with Crippen LogP contribution in [0.5, 0.6) is 0 Å². The van der Waals surface area contributed by atoms with Crippen LogP contribution in [0.3, 0.4) is 0 Å². The molecule has 0 aromatic carbocycles. The lowest BCUT2D eigenvalue weighted by atomic mass is 10.4. The second-order valence-corrected chi connectivity index (χ2v) is 1.81. The van der Waals surface area contributed by atoms with Crippen molar-refractivity contribution in [1.82, 2.24) is 9.97 Å². The van der Waals surface area contributed by atoms with Crippen LogP contribution in [0.2, 0.25) is 0 Å². The minimum atomic E-state index is 0.512. The molecular weight excluding hydrogens is 140 g/mol. The second-order valence-electron chi connectivity index (χ2n) is 1.81. The minimum absolute atomic E-state index is 0.512. The van der Waals surface area contributed by atoms with E-state index in [4.69, 9.17) is 0 Å². The lowest BCUT2D eigenvalue weighted by molar-refractivity contribution is 1.16. The molecule has 4 heteroatoms. The van der Waals surface area contributed by atoms with E-state index in [0.717, 1.165) is 0 Å². The fourth-order valence-electron chi connectivity index (χ4n) is 0.677. The van der Waals surface area contributed by atoms with Crippen LogP contribution >= 0.6 is 0 Å². The van der Waals surface area contributed by atoms with Crippen molar-refractivity contribution < 1.29 is 0 Å². The number of aliphatic imine (C=N–C) groups is 2. The summed E-state index contributed by atoms with van der Waals surface area (Å²) in [4.78, 5) is 15.4. The predicted molar refractivity (Wildman–Crippen MR) is 44.8 cm³/mol. The van der Waals surface area contributed by atoms with Gasteiger partial charge in [0.2, 0.25) is 0 Å². The molecule has 0 fully saturated rings. The van der Waals surface area contributed by atoms with Crippen molar-refractivity contribution in [1.29, 1.82) is 0 Å². The number of rotatable bonds is 2. The van der Waals surface area contributed by atoms with Gasteiger partial charge in [0.15, 0.2) is 5.82 Å². The van der Waals surface area contributed by atoms with E-state index in [1.165, 1.54) is 0 Å². The third-order valence-electron chi connectivity index (χ3n) is 1.11. The van der Waals surface area contributed by atoms with Gasteiger partial charge in [0, 0.05) is 19.4 Å². The molecule has 0 N–H and O–H groups in total. The summed E-state index contributed by atoms with van der Waals surface area (Å²) in [6, 6.07) is 0. The highest BCUT2D eigenvalue weighted by Gasteiger charge is 1.96. The van der Waals surface area contributed by atoms with Crippen molar-refractivity contribution >= 4 is 18.7 Å². The molecule has 0 spiro atoms. The SMILES string of the molecule is C=Nc1nccnc1/C=N\C. The molecule has 0 amide bonds. The van der Waals surface area contributed by atoms with E-state index in [-0.39, 0.29) is 0 Å². The molecule has 56 valence electrons. The van der Waals surface area contributed by atoms with Crippen molar-refractivity contribution in [2.75, 3.05) is 7.05 Å². The Morgan fingerprint density at radius 2 is 2.18 bits per heavy atom. The maximum absolute atomic E-state index is 3.99. The van der Waals surface area contributed by atoms with Crippen LogP contribution in [0.25, 0.3) is 0 Å². The Morgan fingerprint density at radius 1 is 1.45 bits per heavy atom. The van der Waals surface area contributed by atoms with Crippen molar-refractivity contribution in [3.63, 3.8) is 0 Å². The maximum atomic E-state index is 3.99. The van der Waals surface area contributed by atoms with Crippen molar-refractivity contribution in [3.8, 4) is 0 Å². The Bertz CT molecular complexity index is 280. The molecule has 0 saturated heterocycles. The molecule has 1 heterocycles. The third-order valence-corrected chi connectivity index (χ3v) is 1.11. The predicted octanol–water partition coefficient (Wildman–Crippen LogP) is 0.857. The number of aromatic nitrogens is 2. The molecule has 1 rings (SSSR count). The summed E-state index contributed by atoms with van der Waals surface area (Å²) in [5.41, 5.74) is 0.644. The molecule has 0 bridgehead atoms. The molecular formula is C7H8N4. The zero-order valence-electron chi connectivity index (χ0n) is 6.23. The largest absolute Gasteiger partial charge is 0.294 e. The average molecular weight is 148 g/mol. The van der Waals surface area contributed by atoms with Gasteiger partial charge in [-0.1, -0.05) is 0 Å². The summed E-state index contributed by atoms with van der Waals surface area (Å²) < 4.78 is 0. The fraction of sp³-hybridized carbons (Fsp3) is 0.143. The van der Waals surface area contributed by atoms with E-state index in [1.54, 1.807) is 25.7 Å². The monoisotopic (exact) mass is 148 g/mol. The first kappa shape index (κ1) is 7.53. The topological polar surface area (TPSA) is 50.5 Å².